The molecular weight excluding hydrogens is 872 g/mol. The van der Waals surface area contributed by atoms with Crippen molar-refractivity contribution in [3.63, 3.8) is 0 Å². The predicted molar refractivity (Wildman–Crippen MR) is 222 cm³/mol. The third kappa shape index (κ3) is 22.9. The number of phosphoric ester groups is 1. The van der Waals surface area contributed by atoms with Gasteiger partial charge in [-0.25, -0.2) is 9.97 Å². The van der Waals surface area contributed by atoms with Gasteiger partial charge in [0.15, 0.2) is 11.9 Å². The zero-order valence-electron chi connectivity index (χ0n) is 36.4. The van der Waals surface area contributed by atoms with E-state index in [-0.39, 0.29) is 87.3 Å². The van der Waals surface area contributed by atoms with Crippen molar-refractivity contribution in [2.75, 3.05) is 92.9 Å². The van der Waals surface area contributed by atoms with Crippen molar-refractivity contribution in [3.8, 4) is 34.3 Å². The van der Waals surface area contributed by atoms with Crippen molar-refractivity contribution in [2.45, 2.75) is 32.8 Å². The van der Waals surface area contributed by atoms with Gasteiger partial charge in [0, 0.05) is 24.9 Å². The maximum absolute atomic E-state index is 11.5. The molecule has 2 heterocycles. The Bertz CT molecular complexity index is 2020. The Hall–Kier alpha value is -4.51. The minimum absolute atomic E-state index is 0. The van der Waals surface area contributed by atoms with Gasteiger partial charge in [-0.15, -0.1) is 0 Å². The van der Waals surface area contributed by atoms with E-state index in [9.17, 15) is 28.6 Å². The van der Waals surface area contributed by atoms with E-state index in [1.54, 1.807) is 19.5 Å². The third-order valence-corrected chi connectivity index (χ3v) is 8.90. The zero-order valence-corrected chi connectivity index (χ0v) is 39.3. The number of carbonyl (C=O) groups is 4. The first-order valence-corrected chi connectivity index (χ1v) is 21.2. The molecule has 0 saturated carbocycles. The molecule has 0 aliphatic heterocycles. The summed E-state index contributed by atoms with van der Waals surface area (Å²) >= 11 is 0. The molecule has 21 nitrogen and oxygen atoms in total. The van der Waals surface area contributed by atoms with Crippen LogP contribution in [0.3, 0.4) is 0 Å². The molecule has 2 unspecified atom stereocenters. The monoisotopic (exact) mass is 925 g/mol. The number of amides is 1. The van der Waals surface area contributed by atoms with Crippen LogP contribution in [0.4, 0.5) is 0 Å². The van der Waals surface area contributed by atoms with Crippen LogP contribution in [0.15, 0.2) is 60.9 Å². The van der Waals surface area contributed by atoms with E-state index >= 15 is 0 Å². The first-order chi connectivity index (χ1) is 30.6. The van der Waals surface area contributed by atoms with Gasteiger partial charge in [-0.1, -0.05) is 49.7 Å². The van der Waals surface area contributed by atoms with E-state index in [0.717, 1.165) is 52.9 Å². The number of benzene rings is 2. The molecule has 0 bridgehead atoms. The second-order valence-corrected chi connectivity index (χ2v) is 14.3. The van der Waals surface area contributed by atoms with Crippen LogP contribution in [0.1, 0.15) is 26.7 Å². The molecule has 64 heavy (non-hydrogen) atoms. The average Bonchev–Trinajstić information content (AvgIpc) is 3.29. The second-order valence-electron chi connectivity index (χ2n) is 12.8. The Morgan fingerprint density at radius 2 is 1.45 bits per heavy atom. The number of fused-ring (bicyclic) bond motifs is 1. The number of para-hydroxylation sites is 2. The molecule has 344 valence electrons. The van der Waals surface area contributed by atoms with Crippen LogP contribution < -0.4 is 49.2 Å². The average molecular weight is 926 g/mol. The summed E-state index contributed by atoms with van der Waals surface area (Å²) in [5.74, 6) is -0.195. The van der Waals surface area contributed by atoms with Gasteiger partial charge in [0.1, 0.15) is 26.4 Å². The van der Waals surface area contributed by atoms with Crippen molar-refractivity contribution in [3.05, 3.63) is 60.9 Å². The molecule has 0 saturated heterocycles. The SMILES string of the molecule is CC(=O)COCCOCC(=O)NCCOP(=O)([O-])OCC(COC=O)OC=O.CCCCOCCOCCOc1ncc(-c2ccc(-c3cnc4ccccc4n3)cc2)c(OC)n1.[Na+]. The van der Waals surface area contributed by atoms with E-state index < -0.39 is 39.7 Å². The number of aromatic nitrogens is 4. The molecule has 0 spiro atoms. The standard InChI is InChI=1S/C27H30N4O4.C14H24NO12P.Na/c1-3-4-13-33-14-15-34-16-17-35-27-29-18-22(26(31-27)32-2)20-9-11-21(12-10-20)25-19-28-23-7-5-6-8-24(23)30-25;1-12(18)6-22-4-5-23-9-14(19)15-2-3-26-28(20,21)27-8-13(25-11-17)7-24-10-16;/h5-12,18-19H,3-4,13-17H2,1-2H3;10-11,13H,2-9H2,1H3,(H,15,19)(H,20,21);/q;;+1/p-1. The van der Waals surface area contributed by atoms with Gasteiger partial charge in [-0.3, -0.25) is 28.7 Å². The summed E-state index contributed by atoms with van der Waals surface area (Å²) in [5, 5.41) is 2.35. The van der Waals surface area contributed by atoms with Gasteiger partial charge in [0.25, 0.3) is 20.8 Å². The zero-order chi connectivity index (χ0) is 45.5. The molecule has 2 aromatic carbocycles. The maximum atomic E-state index is 11.5. The number of hydrogen-bond acceptors (Lipinski definition) is 20. The van der Waals surface area contributed by atoms with Crippen molar-refractivity contribution >= 4 is 43.5 Å². The molecule has 2 atom stereocenters. The minimum Gasteiger partial charge on any atom is -0.756 e. The van der Waals surface area contributed by atoms with Crippen LogP contribution in [0, 0.1) is 0 Å². The third-order valence-electron chi connectivity index (χ3n) is 7.94. The maximum Gasteiger partial charge on any atom is 1.00 e. The molecule has 4 aromatic rings. The minimum atomic E-state index is -4.72. The summed E-state index contributed by atoms with van der Waals surface area (Å²) in [7, 11) is -3.14. The Kier molecular flexibility index (Phi) is 28.7. The van der Waals surface area contributed by atoms with Gasteiger partial charge < -0.3 is 57.2 Å². The number of ketones is 1. The Labute approximate surface area is 393 Å². The summed E-state index contributed by atoms with van der Waals surface area (Å²) in [6.07, 6.45) is 4.57. The summed E-state index contributed by atoms with van der Waals surface area (Å²) in [5.41, 5.74) is 5.24. The topological polar surface area (TPSA) is 264 Å². The summed E-state index contributed by atoms with van der Waals surface area (Å²) in [4.78, 5) is 71.9. The van der Waals surface area contributed by atoms with E-state index in [1.165, 1.54) is 6.92 Å². The molecule has 0 aliphatic rings. The fourth-order valence-electron chi connectivity index (χ4n) is 4.91. The van der Waals surface area contributed by atoms with Crippen LogP contribution in [-0.2, 0) is 61.2 Å². The number of nitrogens with one attached hydrogen (secondary N) is 1. The van der Waals surface area contributed by atoms with Crippen molar-refractivity contribution in [2.24, 2.45) is 0 Å². The fraction of sp³-hybridized carbons (Fsp3) is 0.463. The molecule has 4 rings (SSSR count). The molecule has 1 amide bonds. The summed E-state index contributed by atoms with van der Waals surface area (Å²) in [6.45, 7) is 4.75. The van der Waals surface area contributed by atoms with Gasteiger partial charge in [-0.2, -0.15) is 4.98 Å². The molecule has 0 aliphatic carbocycles. The quantitative estimate of drug-likeness (QED) is 0.0291. The number of methoxy groups -OCH3 is 1. The number of Topliss-reactive ketones (excluding diaryl/α,β-unsaturated/α-hetero) is 1. The number of unbranched alkanes of at least 4 members (excludes halogenated alkanes) is 1. The van der Waals surface area contributed by atoms with Crippen LogP contribution in [0.5, 0.6) is 11.9 Å². The Balaban J connectivity index is 0.000000446. The molecule has 0 radical (unpaired) electrons. The van der Waals surface area contributed by atoms with E-state index in [1.807, 2.05) is 48.5 Å². The second kappa shape index (κ2) is 33.0. The molecular formula is C41H53N5NaO16P. The number of phosphoric acid groups is 1. The van der Waals surface area contributed by atoms with E-state index in [4.69, 9.17) is 33.4 Å². The molecule has 2 aromatic heterocycles. The number of rotatable bonds is 32. The summed E-state index contributed by atoms with van der Waals surface area (Å²) < 4.78 is 61.3. The van der Waals surface area contributed by atoms with Crippen LogP contribution >= 0.6 is 7.82 Å². The van der Waals surface area contributed by atoms with E-state index in [2.05, 4.69) is 45.7 Å². The normalized spacial score (nSPS) is 12.1. The Morgan fingerprint density at radius 1 is 0.781 bits per heavy atom. The fourth-order valence-corrected chi connectivity index (χ4v) is 5.65. The van der Waals surface area contributed by atoms with Crippen LogP contribution in [-0.4, -0.2) is 144 Å². The smallest absolute Gasteiger partial charge is 0.756 e. The largest absolute Gasteiger partial charge is 1.00 e. The number of ether oxygens (including phenoxy) is 8. The predicted octanol–water partition coefficient (Wildman–Crippen LogP) is -0.0805. The Morgan fingerprint density at radius 3 is 2.14 bits per heavy atom. The van der Waals surface area contributed by atoms with Crippen molar-refractivity contribution < 1.29 is 105 Å². The van der Waals surface area contributed by atoms with Crippen molar-refractivity contribution in [1.29, 1.82) is 0 Å². The molecule has 1 N–H and O–H groups in total. The number of nitrogens with zero attached hydrogens (tertiary/aromatic N) is 4. The van der Waals surface area contributed by atoms with Crippen LogP contribution in [0.25, 0.3) is 33.4 Å². The number of hydrogen-bond donors (Lipinski definition) is 1. The molecule has 0 fully saturated rings. The summed E-state index contributed by atoms with van der Waals surface area (Å²) in [6, 6.07) is 16.1. The van der Waals surface area contributed by atoms with E-state index in [0.29, 0.717) is 32.3 Å². The van der Waals surface area contributed by atoms with Gasteiger partial charge in [-0.05, 0) is 31.0 Å². The first kappa shape index (κ1) is 55.6. The first-order valence-electron chi connectivity index (χ1n) is 19.8. The molecule has 23 heteroatoms. The number of carbonyl (C=O) groups excluding carboxylic acids is 4. The van der Waals surface area contributed by atoms with Gasteiger partial charge >= 0.3 is 35.6 Å². The van der Waals surface area contributed by atoms with Crippen LogP contribution in [0.2, 0.25) is 0 Å². The van der Waals surface area contributed by atoms with Gasteiger partial charge in [0.2, 0.25) is 11.8 Å². The van der Waals surface area contributed by atoms with Crippen molar-refractivity contribution in [1.82, 2.24) is 25.3 Å². The van der Waals surface area contributed by atoms with Gasteiger partial charge in [0.05, 0.1) is 81.8 Å².